The van der Waals surface area contributed by atoms with Gasteiger partial charge < -0.3 is 15.5 Å². The van der Waals surface area contributed by atoms with Gasteiger partial charge in [-0.3, -0.25) is 9.89 Å². The molecule has 0 radical (unpaired) electrons. The Morgan fingerprint density at radius 2 is 1.78 bits per heavy atom. The van der Waals surface area contributed by atoms with Crippen LogP contribution in [-0.4, -0.2) is 74.2 Å². The van der Waals surface area contributed by atoms with E-state index in [2.05, 4.69) is 48.3 Å². The zero-order chi connectivity index (χ0) is 16.7. The third-order valence-electron chi connectivity index (χ3n) is 5.25. The van der Waals surface area contributed by atoms with Gasteiger partial charge in [-0.05, 0) is 32.7 Å². The molecule has 2 N–H and O–H groups in total. The largest absolute Gasteiger partial charge is 0.357 e. The molecule has 0 aromatic carbocycles. The first-order chi connectivity index (χ1) is 11.1. The van der Waals surface area contributed by atoms with E-state index >= 15 is 0 Å². The van der Waals surface area contributed by atoms with Gasteiger partial charge in [-0.25, -0.2) is 0 Å². The number of aliphatic imine (C=N–C) groups is 1. The van der Waals surface area contributed by atoms with Crippen LogP contribution in [0.4, 0.5) is 0 Å². The number of piperazine rings is 1. The van der Waals surface area contributed by atoms with Crippen molar-refractivity contribution in [2.24, 2.45) is 10.9 Å². The molecule has 0 aromatic rings. The van der Waals surface area contributed by atoms with E-state index in [4.69, 9.17) is 4.99 Å². The van der Waals surface area contributed by atoms with Gasteiger partial charge in [0.2, 0.25) is 0 Å². The van der Waals surface area contributed by atoms with Crippen molar-refractivity contribution in [1.82, 2.24) is 20.4 Å². The molecule has 0 bridgehead atoms. The molecular formula is C18H37N5. The van der Waals surface area contributed by atoms with Crippen molar-refractivity contribution in [3.8, 4) is 0 Å². The summed E-state index contributed by atoms with van der Waals surface area (Å²) >= 11 is 0. The van der Waals surface area contributed by atoms with Gasteiger partial charge in [0.25, 0.3) is 0 Å². The molecule has 1 atom stereocenters. The summed E-state index contributed by atoms with van der Waals surface area (Å²) in [6.45, 7) is 13.3. The van der Waals surface area contributed by atoms with Crippen molar-refractivity contribution in [1.29, 1.82) is 0 Å². The highest BCUT2D eigenvalue weighted by Crippen LogP contribution is 2.18. The first kappa shape index (κ1) is 18.5. The maximum Gasteiger partial charge on any atom is 0.191 e. The zero-order valence-corrected chi connectivity index (χ0v) is 15.6. The van der Waals surface area contributed by atoms with E-state index < -0.39 is 0 Å². The average Bonchev–Trinajstić information content (AvgIpc) is 3.02. The highest BCUT2D eigenvalue weighted by Gasteiger charge is 2.25. The van der Waals surface area contributed by atoms with E-state index in [9.17, 15) is 0 Å². The van der Waals surface area contributed by atoms with E-state index in [0.29, 0.717) is 18.0 Å². The summed E-state index contributed by atoms with van der Waals surface area (Å²) in [6, 6.07) is 1.16. The van der Waals surface area contributed by atoms with Crippen molar-refractivity contribution in [2.75, 3.05) is 46.3 Å². The van der Waals surface area contributed by atoms with Crippen LogP contribution < -0.4 is 10.6 Å². The third kappa shape index (κ3) is 5.96. The lowest BCUT2D eigenvalue weighted by molar-refractivity contribution is 0.0925. The summed E-state index contributed by atoms with van der Waals surface area (Å²) in [6.07, 6.45) is 5.28. The molecule has 5 nitrogen and oxygen atoms in total. The fourth-order valence-electron chi connectivity index (χ4n) is 3.67. The Labute approximate surface area is 142 Å². The number of hydrogen-bond donors (Lipinski definition) is 2. The number of guanidine groups is 1. The lowest BCUT2D eigenvalue weighted by atomic mass is 10.0. The standard InChI is InChI=1S/C18H37N5/c1-5-19-18(21-16-8-6-7-9-16)20-14-17(15(2)3)23-12-10-22(4)11-13-23/h15-17H,5-14H2,1-4H3,(H2,19,20,21). The molecule has 2 rings (SSSR count). The van der Waals surface area contributed by atoms with E-state index in [-0.39, 0.29) is 0 Å². The minimum absolute atomic E-state index is 0.544. The van der Waals surface area contributed by atoms with E-state index in [1.807, 2.05) is 0 Å². The van der Waals surface area contributed by atoms with E-state index in [1.54, 1.807) is 0 Å². The second-order valence-electron chi connectivity index (χ2n) is 7.50. The van der Waals surface area contributed by atoms with Crippen molar-refractivity contribution >= 4 is 5.96 Å². The number of likely N-dealkylation sites (N-methyl/N-ethyl adjacent to an activating group) is 1. The molecule has 0 aromatic heterocycles. The molecule has 1 heterocycles. The normalized spacial score (nSPS) is 23.4. The van der Waals surface area contributed by atoms with Gasteiger partial charge in [0.05, 0.1) is 6.54 Å². The first-order valence-corrected chi connectivity index (χ1v) is 9.57. The third-order valence-corrected chi connectivity index (χ3v) is 5.25. The maximum atomic E-state index is 4.93. The molecular weight excluding hydrogens is 286 g/mol. The highest BCUT2D eigenvalue weighted by atomic mass is 15.3. The van der Waals surface area contributed by atoms with Crippen molar-refractivity contribution < 1.29 is 0 Å². The molecule has 2 aliphatic rings. The zero-order valence-electron chi connectivity index (χ0n) is 15.6. The Kier molecular flexibility index (Phi) is 7.63. The summed E-state index contributed by atoms with van der Waals surface area (Å²) in [5.74, 6) is 1.65. The Morgan fingerprint density at radius 3 is 2.35 bits per heavy atom. The van der Waals surface area contributed by atoms with Crippen LogP contribution in [0.1, 0.15) is 46.5 Å². The van der Waals surface area contributed by atoms with Gasteiger partial charge in [0, 0.05) is 44.8 Å². The monoisotopic (exact) mass is 323 g/mol. The SMILES string of the molecule is CCNC(=NCC(C(C)C)N1CCN(C)CC1)NC1CCCC1. The number of rotatable bonds is 6. The Morgan fingerprint density at radius 1 is 1.13 bits per heavy atom. The second-order valence-corrected chi connectivity index (χ2v) is 7.50. The van der Waals surface area contributed by atoms with Gasteiger partial charge in [-0.1, -0.05) is 26.7 Å². The molecule has 1 aliphatic carbocycles. The Bertz CT molecular complexity index is 354. The minimum atomic E-state index is 0.544. The van der Waals surface area contributed by atoms with E-state index in [0.717, 1.165) is 19.0 Å². The predicted octanol–water partition coefficient (Wildman–Crippen LogP) is 1.76. The van der Waals surface area contributed by atoms with Crippen molar-refractivity contribution in [3.63, 3.8) is 0 Å². The quantitative estimate of drug-likeness (QED) is 0.577. The van der Waals surface area contributed by atoms with Crippen molar-refractivity contribution in [3.05, 3.63) is 0 Å². The summed E-state index contributed by atoms with van der Waals surface area (Å²) in [5.41, 5.74) is 0. The Hall–Kier alpha value is -0.810. The minimum Gasteiger partial charge on any atom is -0.357 e. The summed E-state index contributed by atoms with van der Waals surface area (Å²) in [5, 5.41) is 7.06. The fraction of sp³-hybridized carbons (Fsp3) is 0.944. The highest BCUT2D eigenvalue weighted by molar-refractivity contribution is 5.80. The molecule has 0 amide bonds. The molecule has 23 heavy (non-hydrogen) atoms. The van der Waals surface area contributed by atoms with Gasteiger partial charge in [-0.15, -0.1) is 0 Å². The number of nitrogens with one attached hydrogen (secondary N) is 2. The molecule has 1 unspecified atom stereocenters. The van der Waals surface area contributed by atoms with Crippen LogP contribution in [0.2, 0.25) is 0 Å². The fourth-order valence-corrected chi connectivity index (χ4v) is 3.67. The maximum absolute atomic E-state index is 4.93. The lowest BCUT2D eigenvalue weighted by Gasteiger charge is -2.39. The van der Waals surface area contributed by atoms with Crippen LogP contribution in [0.5, 0.6) is 0 Å². The van der Waals surface area contributed by atoms with Crippen LogP contribution >= 0.6 is 0 Å². The molecule has 1 aliphatic heterocycles. The summed E-state index contributed by atoms with van der Waals surface area (Å²) in [7, 11) is 2.22. The number of nitrogens with zero attached hydrogens (tertiary/aromatic N) is 3. The van der Waals surface area contributed by atoms with Crippen LogP contribution in [0.25, 0.3) is 0 Å². The Balaban J connectivity index is 1.92. The molecule has 1 saturated heterocycles. The second kappa shape index (κ2) is 9.48. The molecule has 134 valence electrons. The first-order valence-electron chi connectivity index (χ1n) is 9.57. The van der Waals surface area contributed by atoms with Crippen LogP contribution in [0.3, 0.4) is 0 Å². The topological polar surface area (TPSA) is 42.9 Å². The van der Waals surface area contributed by atoms with Crippen LogP contribution in [0, 0.1) is 5.92 Å². The number of hydrogen-bond acceptors (Lipinski definition) is 3. The average molecular weight is 324 g/mol. The van der Waals surface area contributed by atoms with E-state index in [1.165, 1.54) is 51.9 Å². The summed E-state index contributed by atoms with van der Waals surface area (Å²) < 4.78 is 0. The van der Waals surface area contributed by atoms with Gasteiger partial charge in [0.1, 0.15) is 0 Å². The molecule has 2 fully saturated rings. The lowest BCUT2D eigenvalue weighted by Crippen LogP contribution is -2.52. The van der Waals surface area contributed by atoms with Crippen LogP contribution in [0.15, 0.2) is 4.99 Å². The molecule has 1 saturated carbocycles. The van der Waals surface area contributed by atoms with Crippen molar-refractivity contribution in [2.45, 2.75) is 58.5 Å². The predicted molar refractivity (Wildman–Crippen MR) is 99.1 cm³/mol. The van der Waals surface area contributed by atoms with Gasteiger partial charge in [-0.2, -0.15) is 0 Å². The summed E-state index contributed by atoms with van der Waals surface area (Å²) in [4.78, 5) is 9.98. The molecule has 5 heteroatoms. The van der Waals surface area contributed by atoms with Gasteiger partial charge >= 0.3 is 0 Å². The smallest absolute Gasteiger partial charge is 0.191 e. The van der Waals surface area contributed by atoms with Gasteiger partial charge in [0.15, 0.2) is 5.96 Å². The molecule has 0 spiro atoms. The van der Waals surface area contributed by atoms with Crippen LogP contribution in [-0.2, 0) is 0 Å².